The number of hydrogen-bond donors (Lipinski definition) is 1. The van der Waals surface area contributed by atoms with Crippen molar-refractivity contribution >= 4 is 28.1 Å². The smallest absolute Gasteiger partial charge is 0.214 e. The molecule has 1 aromatic heterocycles. The van der Waals surface area contributed by atoms with Gasteiger partial charge in [-0.05, 0) is 30.3 Å². The molecule has 3 aromatic rings. The van der Waals surface area contributed by atoms with E-state index in [1.54, 1.807) is 6.07 Å². The van der Waals surface area contributed by atoms with Crippen molar-refractivity contribution in [1.82, 2.24) is 5.16 Å². The molecule has 21 heavy (non-hydrogen) atoms. The lowest BCUT2D eigenvalue weighted by Crippen LogP contribution is -2.11. The highest BCUT2D eigenvalue weighted by molar-refractivity contribution is 6.56. The number of ketones is 1. The number of hydrogen-bond acceptors (Lipinski definition) is 5. The van der Waals surface area contributed by atoms with E-state index < -0.39 is 11.6 Å². The van der Waals surface area contributed by atoms with Gasteiger partial charge in [0.25, 0.3) is 0 Å². The summed E-state index contributed by atoms with van der Waals surface area (Å²) >= 11 is 0. The van der Waals surface area contributed by atoms with Crippen LogP contribution in [0.25, 0.3) is 10.9 Å². The molecule has 1 aliphatic rings. The van der Waals surface area contributed by atoms with E-state index in [9.17, 15) is 14.3 Å². The van der Waals surface area contributed by atoms with Crippen molar-refractivity contribution in [2.75, 3.05) is 0 Å². The Morgan fingerprint density at radius 1 is 1.19 bits per heavy atom. The van der Waals surface area contributed by atoms with Crippen LogP contribution in [0.4, 0.5) is 10.1 Å². The van der Waals surface area contributed by atoms with Gasteiger partial charge in [-0.15, -0.1) is 0 Å². The maximum Gasteiger partial charge on any atom is 0.214 e. The number of halogens is 1. The summed E-state index contributed by atoms with van der Waals surface area (Å²) in [6.45, 7) is 0. The number of phenols is 1. The number of carbonyl (C=O) groups excluding carboxylic acids is 1. The fourth-order valence-corrected chi connectivity index (χ4v) is 2.44. The van der Waals surface area contributed by atoms with Crippen LogP contribution in [-0.4, -0.2) is 21.8 Å². The average molecular weight is 282 g/mol. The second-order valence-electron chi connectivity index (χ2n) is 4.66. The highest BCUT2D eigenvalue weighted by atomic mass is 19.1. The molecule has 4 rings (SSSR count). The van der Waals surface area contributed by atoms with Gasteiger partial charge in [-0.2, -0.15) is 0 Å². The first-order valence-electron chi connectivity index (χ1n) is 6.14. The largest absolute Gasteiger partial charge is 0.507 e. The molecule has 0 saturated carbocycles. The average Bonchev–Trinajstić information content (AvgIpc) is 3.05. The quantitative estimate of drug-likeness (QED) is 0.744. The van der Waals surface area contributed by atoms with Crippen molar-refractivity contribution in [3.8, 4) is 5.75 Å². The highest BCUT2D eigenvalue weighted by Crippen LogP contribution is 2.35. The van der Waals surface area contributed by atoms with E-state index in [0.717, 1.165) is 6.07 Å². The molecule has 102 valence electrons. The molecule has 2 aromatic carbocycles. The number of Topliss-reactive ketones (excluding diaryl/α,β-unsaturated/α-hetero) is 1. The third-order valence-corrected chi connectivity index (χ3v) is 3.41. The minimum atomic E-state index is -0.508. The van der Waals surface area contributed by atoms with Gasteiger partial charge in [-0.1, -0.05) is 5.16 Å². The fraction of sp³-hybridized carbons (Fsp3) is 0. The first-order valence-corrected chi connectivity index (χ1v) is 6.14. The first-order chi connectivity index (χ1) is 10.1. The SMILES string of the molecule is O=C1C(c2c(O)ccc3nocc23)=Nc2ccc(F)cc21. The zero-order chi connectivity index (χ0) is 14.6. The van der Waals surface area contributed by atoms with Gasteiger partial charge in [0.1, 0.15) is 29.1 Å². The van der Waals surface area contributed by atoms with Gasteiger partial charge >= 0.3 is 0 Å². The molecule has 0 atom stereocenters. The molecule has 0 radical (unpaired) electrons. The standard InChI is InChI=1S/C15H7FN2O3/c16-7-1-2-10-8(5-7)15(20)14(17-10)13-9-6-21-18-11(9)3-4-12(13)19/h1-6,19H. The summed E-state index contributed by atoms with van der Waals surface area (Å²) in [5, 5.41) is 14.3. The number of fused-ring (bicyclic) bond motifs is 2. The van der Waals surface area contributed by atoms with Gasteiger partial charge in [-0.25, -0.2) is 9.38 Å². The van der Waals surface area contributed by atoms with Crippen LogP contribution in [0.1, 0.15) is 15.9 Å². The van der Waals surface area contributed by atoms with Crippen LogP contribution in [0.3, 0.4) is 0 Å². The Morgan fingerprint density at radius 3 is 2.90 bits per heavy atom. The Morgan fingerprint density at radius 2 is 2.05 bits per heavy atom. The third kappa shape index (κ3) is 1.59. The van der Waals surface area contributed by atoms with Crippen molar-refractivity contribution in [3.63, 3.8) is 0 Å². The van der Waals surface area contributed by atoms with Crippen molar-refractivity contribution in [3.05, 3.63) is 53.5 Å². The molecule has 0 unspecified atom stereocenters. The fourth-order valence-electron chi connectivity index (χ4n) is 2.44. The lowest BCUT2D eigenvalue weighted by molar-refractivity contribution is 0.106. The predicted molar refractivity (Wildman–Crippen MR) is 72.6 cm³/mol. The highest BCUT2D eigenvalue weighted by Gasteiger charge is 2.29. The van der Waals surface area contributed by atoms with E-state index >= 15 is 0 Å². The van der Waals surface area contributed by atoms with E-state index in [1.807, 2.05) is 0 Å². The van der Waals surface area contributed by atoms with E-state index in [4.69, 9.17) is 4.52 Å². The Hall–Kier alpha value is -3.02. The van der Waals surface area contributed by atoms with Gasteiger partial charge in [0.05, 0.1) is 22.2 Å². The lowest BCUT2D eigenvalue weighted by atomic mass is 9.99. The lowest BCUT2D eigenvalue weighted by Gasteiger charge is -2.03. The second kappa shape index (κ2) is 3.99. The van der Waals surface area contributed by atoms with Crippen molar-refractivity contribution < 1.29 is 18.8 Å². The number of carbonyl (C=O) groups is 1. The summed E-state index contributed by atoms with van der Waals surface area (Å²) in [5.74, 6) is -1.05. The molecule has 1 aliphatic heterocycles. The van der Waals surface area contributed by atoms with Crippen LogP contribution in [0.2, 0.25) is 0 Å². The summed E-state index contributed by atoms with van der Waals surface area (Å²) in [6.07, 6.45) is 1.34. The van der Waals surface area contributed by atoms with Crippen LogP contribution in [-0.2, 0) is 0 Å². The Balaban J connectivity index is 1.97. The Labute approximate surface area is 117 Å². The van der Waals surface area contributed by atoms with E-state index in [0.29, 0.717) is 16.6 Å². The van der Waals surface area contributed by atoms with E-state index in [2.05, 4.69) is 10.1 Å². The monoisotopic (exact) mass is 282 g/mol. The van der Waals surface area contributed by atoms with Crippen molar-refractivity contribution in [2.45, 2.75) is 0 Å². The minimum absolute atomic E-state index is 0.0573. The van der Waals surface area contributed by atoms with Crippen molar-refractivity contribution in [1.29, 1.82) is 0 Å². The molecular weight excluding hydrogens is 275 g/mol. The zero-order valence-electron chi connectivity index (χ0n) is 10.5. The Bertz CT molecular complexity index is 943. The summed E-state index contributed by atoms with van der Waals surface area (Å²) in [7, 11) is 0. The van der Waals surface area contributed by atoms with Crippen molar-refractivity contribution in [2.24, 2.45) is 4.99 Å². The van der Waals surface area contributed by atoms with Gasteiger partial charge in [0.2, 0.25) is 5.78 Å². The summed E-state index contributed by atoms with van der Waals surface area (Å²) in [6, 6.07) is 6.79. The van der Waals surface area contributed by atoms with Crippen LogP contribution < -0.4 is 0 Å². The zero-order valence-corrected chi connectivity index (χ0v) is 10.5. The van der Waals surface area contributed by atoms with Gasteiger partial charge in [0.15, 0.2) is 0 Å². The second-order valence-corrected chi connectivity index (χ2v) is 4.66. The molecule has 0 bridgehead atoms. The van der Waals surface area contributed by atoms with Crippen LogP contribution in [0, 0.1) is 5.82 Å². The normalized spacial score (nSPS) is 13.6. The molecule has 0 saturated heterocycles. The summed E-state index contributed by atoms with van der Waals surface area (Å²) < 4.78 is 18.1. The number of nitrogens with zero attached hydrogens (tertiary/aromatic N) is 2. The molecule has 2 heterocycles. The van der Waals surface area contributed by atoms with Gasteiger partial charge in [-0.3, -0.25) is 4.79 Å². The minimum Gasteiger partial charge on any atom is -0.507 e. The first kappa shape index (κ1) is 11.8. The van der Waals surface area contributed by atoms with Gasteiger partial charge < -0.3 is 9.63 Å². The molecule has 6 heteroatoms. The topological polar surface area (TPSA) is 75.7 Å². The van der Waals surface area contributed by atoms with Gasteiger partial charge in [0, 0.05) is 0 Å². The van der Waals surface area contributed by atoms with Crippen LogP contribution >= 0.6 is 0 Å². The molecule has 0 spiro atoms. The molecule has 5 nitrogen and oxygen atoms in total. The third-order valence-electron chi connectivity index (χ3n) is 3.41. The molecule has 0 fully saturated rings. The number of aromatic nitrogens is 1. The predicted octanol–water partition coefficient (Wildman–Crippen LogP) is 2.99. The maximum absolute atomic E-state index is 13.3. The number of phenolic OH excluding ortho intramolecular Hbond substituents is 1. The maximum atomic E-state index is 13.3. The summed E-state index contributed by atoms with van der Waals surface area (Å²) in [4.78, 5) is 16.6. The molecular formula is C15H7FN2O3. The van der Waals surface area contributed by atoms with E-state index in [1.165, 1.54) is 24.5 Å². The number of rotatable bonds is 1. The summed E-state index contributed by atoms with van der Waals surface area (Å²) in [5.41, 5.74) is 1.36. The molecule has 0 aliphatic carbocycles. The van der Waals surface area contributed by atoms with Crippen LogP contribution in [0.5, 0.6) is 5.75 Å². The van der Waals surface area contributed by atoms with E-state index in [-0.39, 0.29) is 22.6 Å². The molecule has 1 N–H and O–H groups in total. The number of aromatic hydroxyl groups is 1. The molecule has 0 amide bonds. The Kier molecular flexibility index (Phi) is 2.24. The van der Waals surface area contributed by atoms with Crippen LogP contribution in [0.15, 0.2) is 46.1 Å². The number of aliphatic imine (C=N–C) groups is 1. The number of benzene rings is 2.